The molecule has 0 radical (unpaired) electrons. The second-order valence-electron chi connectivity index (χ2n) is 20.6. The number of rotatable bonds is 53. The summed E-state index contributed by atoms with van der Waals surface area (Å²) in [5.41, 5.74) is 0. The number of likely N-dealkylation sites (N-methyl/N-ethyl adjacent to an activating group) is 1. The Labute approximate surface area is 448 Å². The Bertz CT molecular complexity index is 1520. The summed E-state index contributed by atoms with van der Waals surface area (Å²) in [4.78, 5) is 37.4. The first-order valence-electron chi connectivity index (χ1n) is 29.4. The van der Waals surface area contributed by atoms with Crippen molar-refractivity contribution in [3.8, 4) is 0 Å². The molecule has 1 N–H and O–H groups in total. The molecular weight excluding hydrogens is 911 g/mol. The summed E-state index contributed by atoms with van der Waals surface area (Å²) in [6.45, 7) is 4.74. The Hall–Kier alpha value is -3.79. The van der Waals surface area contributed by atoms with Gasteiger partial charge in [-0.15, -0.1) is 0 Å². The fraction of sp³-hybridized carbons (Fsp3) is 0.703. The fourth-order valence-electron chi connectivity index (χ4n) is 7.81. The SMILES string of the molecule is CC/C=C\C/C=C\C/C=C\C/C=C\C/C=C\C/C=C\C/C=C\CCCCCCCCCCCCCC(=O)OC(COC(=O)CCCCCCC/C=C\CCCCCCCC)COC(OCC[N+](C)(C)C)C(=O)O. The van der Waals surface area contributed by atoms with Crippen molar-refractivity contribution in [3.63, 3.8) is 0 Å². The minimum absolute atomic E-state index is 0.182. The number of aliphatic carboxylic acids is 1. The van der Waals surface area contributed by atoms with Gasteiger partial charge in [-0.25, -0.2) is 4.79 Å². The molecule has 0 saturated heterocycles. The number of carboxylic acids is 1. The minimum Gasteiger partial charge on any atom is -0.477 e. The van der Waals surface area contributed by atoms with Gasteiger partial charge in [-0.3, -0.25) is 9.59 Å². The Kier molecular flexibility index (Phi) is 51.6. The van der Waals surface area contributed by atoms with Crippen LogP contribution in [0.4, 0.5) is 0 Å². The van der Waals surface area contributed by atoms with Crippen LogP contribution in [-0.2, 0) is 33.3 Å². The highest BCUT2D eigenvalue weighted by molar-refractivity contribution is 5.71. The molecule has 0 saturated carbocycles. The molecule has 0 aliphatic rings. The van der Waals surface area contributed by atoms with Crippen LogP contribution in [0, 0.1) is 0 Å². The number of nitrogens with zero attached hydrogens (tertiary/aromatic N) is 1. The number of hydrogen-bond acceptors (Lipinski definition) is 7. The standard InChI is InChI=1S/C64H109NO8/c1-6-8-10-12-14-16-18-20-22-23-24-25-26-27-28-29-30-31-32-33-34-35-36-37-38-39-41-43-45-47-49-51-53-55-62(67)73-60(59-72-64(63(68)69)70-57-56-65(3,4)5)58-71-61(66)54-52-50-48-46-44-42-40-21-19-17-15-13-11-9-7-2/h8,10,14,16,20-22,24-25,27-28,30-31,33-34,40,60,64H,6-7,9,11-13,15,17-19,23,26,29,32,35-39,41-59H2,1-5H3/p+1/b10-8-,16-14-,22-20-,25-24-,28-27-,31-30-,34-33-,40-21-. The molecule has 0 aromatic rings. The topological polar surface area (TPSA) is 108 Å². The van der Waals surface area contributed by atoms with Gasteiger partial charge in [-0.05, 0) is 96.3 Å². The van der Waals surface area contributed by atoms with E-state index in [0.29, 0.717) is 17.4 Å². The molecule has 2 unspecified atom stereocenters. The highest BCUT2D eigenvalue weighted by Gasteiger charge is 2.25. The van der Waals surface area contributed by atoms with Gasteiger partial charge in [0.25, 0.3) is 6.29 Å². The van der Waals surface area contributed by atoms with Crippen molar-refractivity contribution in [3.05, 3.63) is 97.2 Å². The van der Waals surface area contributed by atoms with E-state index in [0.717, 1.165) is 109 Å². The van der Waals surface area contributed by atoms with Crippen molar-refractivity contribution in [2.45, 2.75) is 245 Å². The van der Waals surface area contributed by atoms with Gasteiger partial charge >= 0.3 is 17.9 Å². The minimum atomic E-state index is -1.52. The van der Waals surface area contributed by atoms with Gasteiger partial charge < -0.3 is 28.5 Å². The second-order valence-corrected chi connectivity index (χ2v) is 20.6. The van der Waals surface area contributed by atoms with E-state index in [2.05, 4.69) is 111 Å². The average molecular weight is 1020 g/mol. The average Bonchev–Trinajstić information content (AvgIpc) is 3.36. The van der Waals surface area contributed by atoms with Crippen LogP contribution in [-0.4, -0.2) is 87.4 Å². The molecule has 0 heterocycles. The van der Waals surface area contributed by atoms with Crippen molar-refractivity contribution in [1.29, 1.82) is 0 Å². The summed E-state index contributed by atoms with van der Waals surface area (Å²) in [5.74, 6) is -2.02. The van der Waals surface area contributed by atoms with Gasteiger partial charge in [0, 0.05) is 12.8 Å². The summed E-state index contributed by atoms with van der Waals surface area (Å²) < 4.78 is 22.8. The molecular formula is C64H110NO8+. The maximum Gasteiger partial charge on any atom is 0.361 e. The third-order valence-corrected chi connectivity index (χ3v) is 12.3. The lowest BCUT2D eigenvalue weighted by Gasteiger charge is -2.25. The van der Waals surface area contributed by atoms with Crippen LogP contribution in [0.1, 0.15) is 232 Å². The number of carbonyl (C=O) groups excluding carboxylic acids is 2. The van der Waals surface area contributed by atoms with Crippen molar-refractivity contribution in [2.24, 2.45) is 0 Å². The zero-order valence-corrected chi connectivity index (χ0v) is 47.5. The van der Waals surface area contributed by atoms with E-state index in [4.69, 9.17) is 18.9 Å². The maximum atomic E-state index is 12.9. The van der Waals surface area contributed by atoms with E-state index >= 15 is 0 Å². The molecule has 0 aliphatic carbocycles. The van der Waals surface area contributed by atoms with Crippen molar-refractivity contribution >= 4 is 17.9 Å². The molecule has 0 rings (SSSR count). The van der Waals surface area contributed by atoms with E-state index in [1.165, 1.54) is 89.9 Å². The Morgan fingerprint density at radius 2 is 0.781 bits per heavy atom. The molecule has 9 heteroatoms. The van der Waals surface area contributed by atoms with Crippen LogP contribution in [0.25, 0.3) is 0 Å². The summed E-state index contributed by atoms with van der Waals surface area (Å²) in [5, 5.41) is 9.69. The first-order chi connectivity index (χ1) is 35.6. The number of quaternary nitrogens is 1. The van der Waals surface area contributed by atoms with Gasteiger partial charge in [0.05, 0.1) is 34.4 Å². The van der Waals surface area contributed by atoms with Crippen molar-refractivity contribution in [1.82, 2.24) is 0 Å². The first kappa shape index (κ1) is 69.2. The number of esters is 2. The monoisotopic (exact) mass is 1020 g/mol. The van der Waals surface area contributed by atoms with E-state index in [1.807, 2.05) is 21.1 Å². The predicted octanol–water partition coefficient (Wildman–Crippen LogP) is 17.3. The molecule has 0 aromatic heterocycles. The fourth-order valence-corrected chi connectivity index (χ4v) is 7.81. The third kappa shape index (κ3) is 55.8. The molecule has 0 aromatic carbocycles. The van der Waals surface area contributed by atoms with Gasteiger partial charge in [0.15, 0.2) is 6.10 Å². The van der Waals surface area contributed by atoms with E-state index < -0.39 is 24.3 Å². The number of carbonyl (C=O) groups is 3. The van der Waals surface area contributed by atoms with E-state index in [-0.39, 0.29) is 38.6 Å². The molecule has 0 aliphatic heterocycles. The zero-order valence-electron chi connectivity index (χ0n) is 47.5. The third-order valence-electron chi connectivity index (χ3n) is 12.3. The highest BCUT2D eigenvalue weighted by atomic mass is 16.7. The van der Waals surface area contributed by atoms with E-state index in [9.17, 15) is 19.5 Å². The van der Waals surface area contributed by atoms with Crippen LogP contribution in [0.5, 0.6) is 0 Å². The van der Waals surface area contributed by atoms with Gasteiger partial charge in [0.2, 0.25) is 0 Å². The summed E-state index contributed by atoms with van der Waals surface area (Å²) >= 11 is 0. The zero-order chi connectivity index (χ0) is 53.4. The summed E-state index contributed by atoms with van der Waals surface area (Å²) in [6.07, 6.45) is 70.6. The van der Waals surface area contributed by atoms with Gasteiger partial charge in [-0.2, -0.15) is 0 Å². The van der Waals surface area contributed by atoms with Crippen molar-refractivity contribution in [2.75, 3.05) is 47.5 Å². The summed E-state index contributed by atoms with van der Waals surface area (Å²) in [6, 6.07) is 0. The summed E-state index contributed by atoms with van der Waals surface area (Å²) in [7, 11) is 5.96. The first-order valence-corrected chi connectivity index (χ1v) is 29.4. The quantitative estimate of drug-likeness (QED) is 0.0211. The van der Waals surface area contributed by atoms with Crippen LogP contribution in [0.3, 0.4) is 0 Å². The number of hydrogen-bond donors (Lipinski definition) is 1. The van der Waals surface area contributed by atoms with Crippen LogP contribution < -0.4 is 0 Å². The lowest BCUT2D eigenvalue weighted by atomic mass is 10.0. The Morgan fingerprint density at radius 3 is 1.18 bits per heavy atom. The molecule has 0 amide bonds. The number of carboxylic acid groups (broad SMARTS) is 1. The van der Waals surface area contributed by atoms with Crippen LogP contribution >= 0.6 is 0 Å². The Balaban J connectivity index is 4.20. The smallest absolute Gasteiger partial charge is 0.361 e. The van der Waals surface area contributed by atoms with Crippen molar-refractivity contribution < 1.29 is 42.9 Å². The molecule has 0 bridgehead atoms. The van der Waals surface area contributed by atoms with Crippen LogP contribution in [0.2, 0.25) is 0 Å². The normalized spacial score (nSPS) is 13.5. The highest BCUT2D eigenvalue weighted by Crippen LogP contribution is 2.15. The second kappa shape index (κ2) is 54.5. The molecule has 73 heavy (non-hydrogen) atoms. The Morgan fingerprint density at radius 1 is 0.425 bits per heavy atom. The molecule has 9 nitrogen and oxygen atoms in total. The number of allylic oxidation sites excluding steroid dienone is 16. The lowest BCUT2D eigenvalue weighted by Crippen LogP contribution is -2.40. The molecule has 418 valence electrons. The molecule has 0 spiro atoms. The number of unbranched alkanes of at least 4 members (excludes halogenated alkanes) is 22. The predicted molar refractivity (Wildman–Crippen MR) is 309 cm³/mol. The molecule has 2 atom stereocenters. The van der Waals surface area contributed by atoms with Gasteiger partial charge in [-0.1, -0.05) is 220 Å². The lowest BCUT2D eigenvalue weighted by molar-refractivity contribution is -0.870. The maximum absolute atomic E-state index is 12.9. The largest absolute Gasteiger partial charge is 0.477 e. The van der Waals surface area contributed by atoms with Crippen LogP contribution in [0.15, 0.2) is 97.2 Å². The number of ether oxygens (including phenoxy) is 4. The van der Waals surface area contributed by atoms with Gasteiger partial charge in [0.1, 0.15) is 13.2 Å². The molecule has 0 fully saturated rings. The van der Waals surface area contributed by atoms with E-state index in [1.54, 1.807) is 0 Å².